The first-order chi connectivity index (χ1) is 26.5. The molecule has 0 aliphatic carbocycles. The molecule has 0 saturated carbocycles. The van der Waals surface area contributed by atoms with E-state index in [0.717, 1.165) is 85.9 Å². The average molecular weight is 794 g/mol. The van der Waals surface area contributed by atoms with E-state index in [1.807, 2.05) is 0 Å². The summed E-state index contributed by atoms with van der Waals surface area (Å²) in [6.07, 6.45) is 32.6. The zero-order valence-electron chi connectivity index (χ0n) is 36.6. The first-order valence-electron chi connectivity index (χ1n) is 22.7. The molecule has 0 saturated heterocycles. The number of benzene rings is 2. The molecule has 0 radical (unpaired) electrons. The van der Waals surface area contributed by atoms with Crippen molar-refractivity contribution in [3.63, 3.8) is 0 Å². The van der Waals surface area contributed by atoms with Crippen LogP contribution in [0.5, 0.6) is 0 Å². The van der Waals surface area contributed by atoms with Crippen molar-refractivity contribution in [3.05, 3.63) is 101 Å². The van der Waals surface area contributed by atoms with E-state index in [4.69, 9.17) is 0 Å². The van der Waals surface area contributed by atoms with Crippen molar-refractivity contribution in [2.24, 2.45) is 0 Å². The van der Waals surface area contributed by atoms with Gasteiger partial charge in [0.1, 0.15) is 5.57 Å². The molecule has 2 nitrogen and oxygen atoms in total. The van der Waals surface area contributed by atoms with Gasteiger partial charge in [0.05, 0.1) is 0 Å². The summed E-state index contributed by atoms with van der Waals surface area (Å²) in [6, 6.07) is 17.3. The van der Waals surface area contributed by atoms with E-state index >= 15 is 0 Å². The average Bonchev–Trinajstić information content (AvgIpc) is 3.49. The molecule has 0 atom stereocenters. The maximum atomic E-state index is 11.8. The van der Waals surface area contributed by atoms with Crippen LogP contribution in [-0.2, 0) is 29.3 Å². The zero-order chi connectivity index (χ0) is 39.7. The van der Waals surface area contributed by atoms with E-state index in [1.165, 1.54) is 131 Å². The molecule has 3 heteroatoms. The molecule has 0 fully saturated rings. The number of hydrogen-bond donors (Lipinski definition) is 0. The van der Waals surface area contributed by atoms with E-state index in [0.29, 0.717) is 0 Å². The molecule has 55 heavy (non-hydrogen) atoms. The van der Waals surface area contributed by atoms with Crippen LogP contribution >= 0.6 is 0 Å². The van der Waals surface area contributed by atoms with E-state index in [9.17, 15) is 5.53 Å². The van der Waals surface area contributed by atoms with Gasteiger partial charge in [-0.2, -0.15) is 12.8 Å². The summed E-state index contributed by atoms with van der Waals surface area (Å²) in [6.45, 7) is 20.3. The summed E-state index contributed by atoms with van der Waals surface area (Å²) in [4.78, 5) is 0. The van der Waals surface area contributed by atoms with Gasteiger partial charge in [0.2, 0.25) is 11.4 Å². The number of allylic oxidation sites excluding steroid dienone is 2. The minimum Gasteiger partial charge on any atom is -0.493 e. The minimum absolute atomic E-state index is 0. The third-order valence-corrected chi connectivity index (χ3v) is 10.3. The summed E-state index contributed by atoms with van der Waals surface area (Å²) in [7, 11) is 0. The normalized spacial score (nSPS) is 12.0. The smallest absolute Gasteiger partial charge is 0.493 e. The van der Waals surface area contributed by atoms with Crippen LogP contribution in [0.2, 0.25) is 0 Å². The van der Waals surface area contributed by atoms with Gasteiger partial charge in [0.25, 0.3) is 0 Å². The first kappa shape index (κ1) is 52.6. The van der Waals surface area contributed by atoms with E-state index in [1.54, 1.807) is 0 Å². The van der Waals surface area contributed by atoms with Crippen LogP contribution in [0, 0.1) is 25.7 Å². The van der Waals surface area contributed by atoms with Crippen molar-refractivity contribution < 1.29 is 21.2 Å². The number of rotatable bonds is 25. The molecule has 310 valence electrons. The number of aryl methyl sites for hydroxylation is 2. The van der Waals surface area contributed by atoms with Gasteiger partial charge in [0, 0.05) is 23.1 Å². The quantitative estimate of drug-likeness (QED) is 0.0315. The monoisotopic (exact) mass is 793 g/mol. The van der Waals surface area contributed by atoms with Crippen LogP contribution in [0.25, 0.3) is 16.9 Å². The van der Waals surface area contributed by atoms with Crippen LogP contribution in [0.1, 0.15) is 218 Å². The first-order valence-corrected chi connectivity index (χ1v) is 22.7. The predicted octanol–water partition coefficient (Wildman–Crippen LogP) is 17.1. The molecule has 1 aliphatic rings. The summed E-state index contributed by atoms with van der Waals surface area (Å²) in [5.74, 6) is 7.15. The van der Waals surface area contributed by atoms with Gasteiger partial charge in [-0.15, -0.1) is 0 Å². The summed E-state index contributed by atoms with van der Waals surface area (Å²) in [5, 5.41) is 0. The van der Waals surface area contributed by atoms with Crippen molar-refractivity contribution in [1.82, 2.24) is 0 Å². The van der Waals surface area contributed by atoms with Crippen LogP contribution in [0.3, 0.4) is 0 Å². The van der Waals surface area contributed by atoms with Crippen molar-refractivity contribution in [1.29, 1.82) is 0 Å². The molecule has 1 aliphatic heterocycles. The third-order valence-electron chi connectivity index (χ3n) is 10.3. The molecule has 0 aromatic heterocycles. The van der Waals surface area contributed by atoms with Gasteiger partial charge >= 0.3 is 16.5 Å². The van der Waals surface area contributed by atoms with Crippen molar-refractivity contribution >= 4 is 11.4 Å². The third kappa shape index (κ3) is 22.2. The van der Waals surface area contributed by atoms with E-state index in [2.05, 4.69) is 116 Å². The summed E-state index contributed by atoms with van der Waals surface area (Å²) in [5.41, 5.74) is 20.5. The fourth-order valence-corrected chi connectivity index (χ4v) is 6.69. The molecule has 0 N–H and O–H groups in total. The predicted molar refractivity (Wildman–Crippen MR) is 241 cm³/mol. The SMILES string of the molecule is CCCCCCCCCCCCCCCCCCC#CC1=C(c2cccc(CC)c2)[N+](=[N-])C(c2cccc(CC)c2)=C1CCCC.[CH2-]CCC.[CH2-]CCC.[Ni+2]. The minimum atomic E-state index is 0. The molecule has 2 aromatic carbocycles. The second-order valence-electron chi connectivity index (χ2n) is 15.1. The largest absolute Gasteiger partial charge is 2.00 e. The molecule has 3 rings (SSSR count). The molecule has 0 spiro atoms. The van der Waals surface area contributed by atoms with Gasteiger partial charge in [-0.3, -0.25) is 0 Å². The maximum absolute atomic E-state index is 11.8. The van der Waals surface area contributed by atoms with Gasteiger partial charge in [-0.05, 0) is 67.5 Å². The second kappa shape index (κ2) is 36.0. The molecule has 0 amide bonds. The van der Waals surface area contributed by atoms with Crippen molar-refractivity contribution in [2.45, 2.75) is 208 Å². The molecular weight excluding hydrogens is 711 g/mol. The van der Waals surface area contributed by atoms with Crippen LogP contribution < -0.4 is 0 Å². The maximum Gasteiger partial charge on any atom is 2.00 e. The fourth-order valence-electron chi connectivity index (χ4n) is 6.69. The molecule has 0 bridgehead atoms. The standard InChI is InChI=1S/C44H64N2.2C4H9.Ni/c1-5-9-11-12-13-14-15-16-17-18-19-20-21-22-23-24-25-26-34-42-41(33-10-6-2)43(39-31-27-29-37(7-3)35-39)46(45)44(42)40-32-28-30-38(8-4)36-40;2*1-3-4-2;/h27-32,35-36H,5-25,33H2,1-4H3;2*1,3-4H2,2H3;/q;2*-1;+2. The van der Waals surface area contributed by atoms with Gasteiger partial charge < -0.3 is 19.4 Å². The van der Waals surface area contributed by atoms with Gasteiger partial charge in [-0.1, -0.05) is 193 Å². The Bertz CT molecular complexity index is 1380. The Balaban J connectivity index is 0.00000294. The molecular formula is C52H82N2Ni. The van der Waals surface area contributed by atoms with E-state index < -0.39 is 0 Å². The zero-order valence-corrected chi connectivity index (χ0v) is 37.6. The molecule has 2 aromatic rings. The second-order valence-corrected chi connectivity index (χ2v) is 15.1. The van der Waals surface area contributed by atoms with Gasteiger partial charge in [0.15, 0.2) is 0 Å². The van der Waals surface area contributed by atoms with Gasteiger partial charge in [-0.25, -0.2) is 4.70 Å². The Hall–Kier alpha value is -2.43. The molecule has 1 heterocycles. The summed E-state index contributed by atoms with van der Waals surface area (Å²) < 4.78 is 1.45. The number of unbranched alkanes of at least 4 members (excludes halogenated alkanes) is 19. The van der Waals surface area contributed by atoms with Crippen molar-refractivity contribution in [2.75, 3.05) is 0 Å². The summed E-state index contributed by atoms with van der Waals surface area (Å²) >= 11 is 0. The molecule has 0 unspecified atom stereocenters. The topological polar surface area (TPSA) is 25.3 Å². The van der Waals surface area contributed by atoms with Crippen molar-refractivity contribution in [3.8, 4) is 11.8 Å². The number of hydrogen-bond acceptors (Lipinski definition) is 0. The Kier molecular flexibility index (Phi) is 34.4. The number of nitrogens with zero attached hydrogens (tertiary/aromatic N) is 2. The van der Waals surface area contributed by atoms with E-state index in [-0.39, 0.29) is 16.5 Å². The van der Waals surface area contributed by atoms with Crippen LogP contribution in [0.15, 0.2) is 59.7 Å². The Morgan fingerprint density at radius 1 is 0.527 bits per heavy atom. The van der Waals surface area contributed by atoms with Crippen LogP contribution in [-0.4, -0.2) is 4.70 Å². The fraction of sp³-hybridized carbons (Fsp3) is 0.615. The Morgan fingerprint density at radius 3 is 1.33 bits per heavy atom. The Labute approximate surface area is 352 Å². The Morgan fingerprint density at radius 2 is 0.927 bits per heavy atom. The van der Waals surface area contributed by atoms with Crippen LogP contribution in [0.4, 0.5) is 0 Å².